The van der Waals surface area contributed by atoms with Crippen molar-refractivity contribution >= 4 is 40.7 Å². The zero-order chi connectivity index (χ0) is 25.0. The minimum absolute atomic E-state index is 0.0296. The van der Waals surface area contributed by atoms with Crippen LogP contribution in [0, 0.1) is 5.92 Å². The van der Waals surface area contributed by atoms with Crippen LogP contribution < -0.4 is 26.2 Å². The van der Waals surface area contributed by atoms with Gasteiger partial charge in [-0.3, -0.25) is 30.6 Å². The molecule has 8 nitrogen and oxygen atoms in total. The predicted octanol–water partition coefficient (Wildman–Crippen LogP) is 4.33. The summed E-state index contributed by atoms with van der Waals surface area (Å²) in [4.78, 5) is 37.4. The van der Waals surface area contributed by atoms with Crippen molar-refractivity contribution in [2.75, 3.05) is 11.9 Å². The Morgan fingerprint density at radius 1 is 0.943 bits per heavy atom. The van der Waals surface area contributed by atoms with Crippen LogP contribution in [0.2, 0.25) is 0 Å². The number of hydrogen-bond acceptors (Lipinski definition) is 5. The summed E-state index contributed by atoms with van der Waals surface area (Å²) in [7, 11) is 0. The van der Waals surface area contributed by atoms with Crippen LogP contribution in [-0.4, -0.2) is 29.4 Å². The maximum absolute atomic E-state index is 12.6. The number of carbonyl (C=O) groups excluding carboxylic acids is 3. The summed E-state index contributed by atoms with van der Waals surface area (Å²) in [6.07, 6.45) is 7.08. The highest BCUT2D eigenvalue weighted by molar-refractivity contribution is 7.80. The number of thiocarbonyl (C=S) groups is 1. The molecule has 1 aliphatic rings. The second-order valence-electron chi connectivity index (χ2n) is 8.46. The van der Waals surface area contributed by atoms with Crippen molar-refractivity contribution in [1.29, 1.82) is 0 Å². The molecule has 1 fully saturated rings. The van der Waals surface area contributed by atoms with E-state index in [4.69, 9.17) is 17.0 Å². The van der Waals surface area contributed by atoms with Gasteiger partial charge in [-0.25, -0.2) is 0 Å². The van der Waals surface area contributed by atoms with Crippen LogP contribution in [0.1, 0.15) is 72.6 Å². The normalized spacial score (nSPS) is 13.4. The van der Waals surface area contributed by atoms with E-state index in [1.54, 1.807) is 48.5 Å². The summed E-state index contributed by atoms with van der Waals surface area (Å²) in [6.45, 7) is 2.58. The van der Waals surface area contributed by atoms with E-state index in [2.05, 4.69) is 28.4 Å². The second kappa shape index (κ2) is 13.4. The van der Waals surface area contributed by atoms with Crippen LogP contribution >= 0.6 is 12.2 Å². The van der Waals surface area contributed by atoms with E-state index in [0.29, 0.717) is 29.2 Å². The van der Waals surface area contributed by atoms with Crippen molar-refractivity contribution < 1.29 is 19.1 Å². The number of carbonyl (C=O) groups is 3. The van der Waals surface area contributed by atoms with Crippen LogP contribution in [-0.2, 0) is 4.79 Å². The van der Waals surface area contributed by atoms with Gasteiger partial charge in [0.15, 0.2) is 5.11 Å². The Labute approximate surface area is 211 Å². The molecule has 3 rings (SSSR count). The summed E-state index contributed by atoms with van der Waals surface area (Å²) < 4.78 is 5.68. The molecule has 0 atom stereocenters. The number of amides is 3. The third-order valence-electron chi connectivity index (χ3n) is 5.79. The number of anilines is 1. The molecular weight excluding hydrogens is 464 g/mol. The highest BCUT2D eigenvalue weighted by Gasteiger charge is 2.21. The molecule has 1 aliphatic carbocycles. The third kappa shape index (κ3) is 8.06. The summed E-state index contributed by atoms with van der Waals surface area (Å²) >= 11 is 5.13. The van der Waals surface area contributed by atoms with E-state index >= 15 is 0 Å². The van der Waals surface area contributed by atoms with E-state index in [-0.39, 0.29) is 16.9 Å². The Morgan fingerprint density at radius 2 is 1.66 bits per heavy atom. The zero-order valence-electron chi connectivity index (χ0n) is 19.9. The number of ether oxygens (including phenoxy) is 1. The molecule has 1 saturated carbocycles. The SMILES string of the molecule is CCCCOc1ccccc1C(=O)NC(=S)NNC(=O)c1ccc(NC(=O)C2CCCCC2)cc1. The lowest BCUT2D eigenvalue weighted by molar-refractivity contribution is -0.120. The maximum atomic E-state index is 12.6. The molecule has 35 heavy (non-hydrogen) atoms. The van der Waals surface area contributed by atoms with E-state index in [0.717, 1.165) is 38.5 Å². The van der Waals surface area contributed by atoms with Gasteiger partial charge in [-0.1, -0.05) is 44.7 Å². The quantitative estimate of drug-likeness (QED) is 0.246. The van der Waals surface area contributed by atoms with Gasteiger partial charge in [0, 0.05) is 17.2 Å². The Hall–Kier alpha value is -3.46. The number of unbranched alkanes of at least 4 members (excludes halogenated alkanes) is 1. The number of para-hydroxylation sites is 1. The molecule has 4 N–H and O–H groups in total. The molecule has 2 aromatic rings. The summed E-state index contributed by atoms with van der Waals surface area (Å²) in [5.41, 5.74) is 6.36. The molecule has 9 heteroatoms. The minimum atomic E-state index is -0.443. The Bertz CT molecular complexity index is 1040. The highest BCUT2D eigenvalue weighted by atomic mass is 32.1. The number of rotatable bonds is 8. The monoisotopic (exact) mass is 496 g/mol. The molecule has 3 amide bonds. The standard InChI is InChI=1S/C26H32N4O4S/c1-2-3-17-34-22-12-8-7-11-21(22)25(33)28-26(35)30-29-24(32)19-13-15-20(16-14-19)27-23(31)18-9-5-4-6-10-18/h7-8,11-16,18H,2-6,9-10,17H2,1H3,(H,27,31)(H,29,32)(H2,28,30,33,35). The van der Waals surface area contributed by atoms with Gasteiger partial charge in [-0.2, -0.15) is 0 Å². The minimum Gasteiger partial charge on any atom is -0.493 e. The first-order valence-corrected chi connectivity index (χ1v) is 12.4. The highest BCUT2D eigenvalue weighted by Crippen LogP contribution is 2.25. The first-order chi connectivity index (χ1) is 17.0. The average molecular weight is 497 g/mol. The molecule has 2 aromatic carbocycles. The predicted molar refractivity (Wildman–Crippen MR) is 139 cm³/mol. The fourth-order valence-electron chi connectivity index (χ4n) is 3.81. The first kappa shape index (κ1) is 26.2. The number of hydrazine groups is 1. The zero-order valence-corrected chi connectivity index (χ0v) is 20.7. The molecule has 0 unspecified atom stereocenters. The summed E-state index contributed by atoms with van der Waals surface area (Å²) in [5.74, 6) is -0.318. The van der Waals surface area contributed by atoms with Gasteiger partial charge >= 0.3 is 0 Å². The first-order valence-electron chi connectivity index (χ1n) is 12.0. The Morgan fingerprint density at radius 3 is 2.37 bits per heavy atom. The summed E-state index contributed by atoms with van der Waals surface area (Å²) in [6, 6.07) is 13.5. The molecule has 0 saturated heterocycles. The van der Waals surface area contributed by atoms with Gasteiger partial charge in [0.2, 0.25) is 5.91 Å². The molecule has 0 aromatic heterocycles. The lowest BCUT2D eigenvalue weighted by Gasteiger charge is -2.20. The third-order valence-corrected chi connectivity index (χ3v) is 6.00. The van der Waals surface area contributed by atoms with Crippen molar-refractivity contribution in [2.24, 2.45) is 5.92 Å². The maximum Gasteiger partial charge on any atom is 0.269 e. The molecule has 186 valence electrons. The van der Waals surface area contributed by atoms with E-state index < -0.39 is 11.8 Å². The van der Waals surface area contributed by atoms with Crippen LogP contribution in [0.25, 0.3) is 0 Å². The number of hydrogen-bond donors (Lipinski definition) is 4. The van der Waals surface area contributed by atoms with Crippen molar-refractivity contribution in [3.63, 3.8) is 0 Å². The van der Waals surface area contributed by atoms with Gasteiger partial charge in [0.1, 0.15) is 5.75 Å². The van der Waals surface area contributed by atoms with Crippen LogP contribution in [0.15, 0.2) is 48.5 Å². The fraction of sp³-hybridized carbons (Fsp3) is 0.385. The van der Waals surface area contributed by atoms with Crippen molar-refractivity contribution in [3.05, 3.63) is 59.7 Å². The van der Waals surface area contributed by atoms with Crippen molar-refractivity contribution in [2.45, 2.75) is 51.9 Å². The molecule has 0 aliphatic heterocycles. The average Bonchev–Trinajstić information content (AvgIpc) is 2.88. The largest absolute Gasteiger partial charge is 0.493 e. The smallest absolute Gasteiger partial charge is 0.269 e. The lowest BCUT2D eigenvalue weighted by atomic mass is 9.88. The topological polar surface area (TPSA) is 109 Å². The van der Waals surface area contributed by atoms with Crippen LogP contribution in [0.4, 0.5) is 5.69 Å². The molecule has 0 heterocycles. The molecule has 0 spiro atoms. The fourth-order valence-corrected chi connectivity index (χ4v) is 3.95. The Kier molecular flexibility index (Phi) is 10.0. The van der Waals surface area contributed by atoms with E-state index in [1.165, 1.54) is 6.42 Å². The van der Waals surface area contributed by atoms with E-state index in [1.807, 2.05) is 0 Å². The van der Waals surface area contributed by atoms with Gasteiger partial charge < -0.3 is 10.1 Å². The van der Waals surface area contributed by atoms with Crippen molar-refractivity contribution in [3.8, 4) is 5.75 Å². The van der Waals surface area contributed by atoms with Crippen LogP contribution in [0.5, 0.6) is 5.75 Å². The van der Waals surface area contributed by atoms with E-state index in [9.17, 15) is 14.4 Å². The van der Waals surface area contributed by atoms with Gasteiger partial charge in [-0.05, 0) is 67.9 Å². The second-order valence-corrected chi connectivity index (χ2v) is 8.87. The van der Waals surface area contributed by atoms with Gasteiger partial charge in [0.25, 0.3) is 11.8 Å². The van der Waals surface area contributed by atoms with Gasteiger partial charge in [0.05, 0.1) is 12.2 Å². The number of benzene rings is 2. The molecule has 0 bridgehead atoms. The Balaban J connectivity index is 1.46. The number of nitrogens with one attached hydrogen (secondary N) is 4. The summed E-state index contributed by atoms with van der Waals surface area (Å²) in [5, 5.41) is 5.40. The lowest BCUT2D eigenvalue weighted by Crippen LogP contribution is -2.48. The van der Waals surface area contributed by atoms with Crippen molar-refractivity contribution in [1.82, 2.24) is 16.2 Å². The van der Waals surface area contributed by atoms with Crippen LogP contribution in [0.3, 0.4) is 0 Å². The molecular formula is C26H32N4O4S. The molecule has 0 radical (unpaired) electrons. The van der Waals surface area contributed by atoms with Gasteiger partial charge in [-0.15, -0.1) is 0 Å².